The average molecular weight is 1050 g/mol. The van der Waals surface area contributed by atoms with Gasteiger partial charge in [0.25, 0.3) is 0 Å². The first-order chi connectivity index (χ1) is 36.6. The molecule has 0 spiro atoms. The van der Waals surface area contributed by atoms with Crippen molar-refractivity contribution in [3.05, 3.63) is 122 Å². The molecule has 0 aliphatic carbocycles. The first-order valence-electron chi connectivity index (χ1n) is 28.5. The predicted molar refractivity (Wildman–Crippen MR) is 303 cm³/mol. The molecule has 12 heteroatoms. The smallest absolute Gasteiger partial charge is 0.335 e. The number of carbonyl (C=O) groups excluding carboxylic acids is 3. The van der Waals surface area contributed by atoms with Crippen molar-refractivity contribution in [1.82, 2.24) is 0 Å². The van der Waals surface area contributed by atoms with Gasteiger partial charge in [0.15, 0.2) is 24.6 Å². The fraction of sp³-hybridized carbons (Fsp3) is 0.619. The third-order valence-corrected chi connectivity index (χ3v) is 12.0. The van der Waals surface area contributed by atoms with Crippen molar-refractivity contribution < 1.29 is 58.2 Å². The predicted octanol–water partition coefficient (Wildman–Crippen LogP) is 14.4. The third-order valence-electron chi connectivity index (χ3n) is 12.0. The summed E-state index contributed by atoms with van der Waals surface area (Å²) >= 11 is 0. The molecule has 3 N–H and O–H groups in total. The Morgan fingerprint density at radius 1 is 0.453 bits per heavy atom. The topological polar surface area (TPSA) is 175 Å². The molecule has 75 heavy (non-hydrogen) atoms. The van der Waals surface area contributed by atoms with Gasteiger partial charge in [-0.3, -0.25) is 14.4 Å². The summed E-state index contributed by atoms with van der Waals surface area (Å²) in [5, 5.41) is 31.4. The first-order valence-corrected chi connectivity index (χ1v) is 28.5. The second-order valence-corrected chi connectivity index (χ2v) is 18.8. The zero-order valence-corrected chi connectivity index (χ0v) is 46.2. The molecule has 12 nitrogen and oxygen atoms in total. The summed E-state index contributed by atoms with van der Waals surface area (Å²) in [6, 6.07) is 0. The number of carboxylic acids is 1. The van der Waals surface area contributed by atoms with E-state index in [9.17, 15) is 34.5 Å². The number of rotatable bonds is 46. The quantitative estimate of drug-likeness (QED) is 0.0228. The highest BCUT2D eigenvalue weighted by atomic mass is 16.7. The molecular formula is C63H98O12. The van der Waals surface area contributed by atoms with E-state index in [4.69, 9.17) is 23.7 Å². The number of aliphatic carboxylic acids is 1. The molecule has 6 atom stereocenters. The second-order valence-electron chi connectivity index (χ2n) is 18.8. The minimum absolute atomic E-state index is 0.00735. The normalized spacial score (nSPS) is 19.1. The molecule has 0 radical (unpaired) electrons. The van der Waals surface area contributed by atoms with E-state index in [0.717, 1.165) is 116 Å². The van der Waals surface area contributed by atoms with Crippen LogP contribution in [0.5, 0.6) is 0 Å². The van der Waals surface area contributed by atoms with E-state index in [2.05, 4.69) is 130 Å². The molecule has 6 unspecified atom stereocenters. The van der Waals surface area contributed by atoms with Gasteiger partial charge < -0.3 is 39.0 Å². The van der Waals surface area contributed by atoms with Crippen LogP contribution in [0.1, 0.15) is 201 Å². The maximum atomic E-state index is 13.1. The van der Waals surface area contributed by atoms with Gasteiger partial charge in [0, 0.05) is 19.3 Å². The van der Waals surface area contributed by atoms with Crippen molar-refractivity contribution in [2.24, 2.45) is 0 Å². The van der Waals surface area contributed by atoms with Crippen molar-refractivity contribution in [3.63, 3.8) is 0 Å². The number of aliphatic hydroxyl groups excluding tert-OH is 2. The number of hydrogen-bond donors (Lipinski definition) is 3. The lowest BCUT2D eigenvalue weighted by molar-refractivity contribution is -0.301. The lowest BCUT2D eigenvalue weighted by Crippen LogP contribution is -2.61. The third kappa shape index (κ3) is 40.1. The van der Waals surface area contributed by atoms with E-state index < -0.39 is 67.3 Å². The second kappa shape index (κ2) is 50.0. The molecule has 1 rings (SSSR count). The standard InChI is InChI=1S/C63H98O12/c1-4-7-10-13-16-19-22-25-26-27-28-29-30-33-36-39-42-45-48-51-57(66)74-61-59(68)58(67)60(62(69)70)75-63(61)72-53-54(73-56(65)50-47-44-41-38-35-32-24-21-18-15-12-9-6-3)52-71-55(64)49-46-43-40-37-34-31-23-20-17-14-11-8-5-2/h7-8,10-11,16-17,19-21,24-26,28-29,31,33-34,36,40,43,54,58-61,63,67-68H,4-6,9,12-15,18,22-23,27,30,32,35,37-39,41-42,44-53H2,1-3H3,(H,69,70)/b10-7-,11-8-,19-16-,20-17-,24-21-,26-25-,29-28-,34-31-,36-33-,43-40-. The molecule has 1 fully saturated rings. The van der Waals surface area contributed by atoms with Crippen LogP contribution in [0.3, 0.4) is 0 Å². The molecule has 0 saturated carbocycles. The van der Waals surface area contributed by atoms with Gasteiger partial charge >= 0.3 is 23.9 Å². The Bertz CT molecular complexity index is 1770. The van der Waals surface area contributed by atoms with Crippen LogP contribution in [0, 0.1) is 0 Å². The number of ether oxygens (including phenoxy) is 5. The molecule has 0 aromatic heterocycles. The van der Waals surface area contributed by atoms with Crippen molar-refractivity contribution >= 4 is 23.9 Å². The maximum Gasteiger partial charge on any atom is 0.335 e. The number of carboxylic acid groups (broad SMARTS) is 1. The van der Waals surface area contributed by atoms with Crippen LogP contribution in [0.15, 0.2) is 122 Å². The van der Waals surface area contributed by atoms with Gasteiger partial charge in [0.2, 0.25) is 0 Å². The molecule has 1 saturated heterocycles. The van der Waals surface area contributed by atoms with Gasteiger partial charge in [-0.1, -0.05) is 187 Å². The van der Waals surface area contributed by atoms with E-state index in [1.54, 1.807) is 0 Å². The van der Waals surface area contributed by atoms with Crippen LogP contribution in [-0.4, -0.2) is 89.2 Å². The van der Waals surface area contributed by atoms with E-state index in [-0.39, 0.29) is 25.9 Å². The van der Waals surface area contributed by atoms with Gasteiger partial charge in [0.05, 0.1) is 6.61 Å². The molecular weight excluding hydrogens is 949 g/mol. The number of unbranched alkanes of at least 4 members (excludes halogenated alkanes) is 12. The van der Waals surface area contributed by atoms with Gasteiger partial charge in [-0.05, 0) is 116 Å². The molecule has 1 heterocycles. The molecule has 0 aromatic rings. The number of carbonyl (C=O) groups is 4. The summed E-state index contributed by atoms with van der Waals surface area (Å²) in [7, 11) is 0. The van der Waals surface area contributed by atoms with Crippen LogP contribution >= 0.6 is 0 Å². The molecule has 422 valence electrons. The lowest BCUT2D eigenvalue weighted by atomic mass is 9.98. The van der Waals surface area contributed by atoms with E-state index in [0.29, 0.717) is 19.3 Å². The SMILES string of the molecule is CC/C=C\C/C=C\C/C=C\C/C=C\C/C=C\CCCCCC(=O)OC1C(OCC(COC(=O)CC/C=C\C/C=C\C/C=C\C/C=C\CC)OC(=O)CCCCCCC/C=C\CCCCCC)OC(C(=O)O)C(O)C1O. The molecule has 0 amide bonds. The Hall–Kier alpha value is -4.88. The highest BCUT2D eigenvalue weighted by Crippen LogP contribution is 2.26. The minimum Gasteiger partial charge on any atom is -0.479 e. The Morgan fingerprint density at radius 3 is 1.36 bits per heavy atom. The fourth-order valence-corrected chi connectivity index (χ4v) is 7.69. The van der Waals surface area contributed by atoms with Crippen LogP contribution in [0.4, 0.5) is 0 Å². The summed E-state index contributed by atoms with van der Waals surface area (Å²) in [6.45, 7) is 5.64. The summed E-state index contributed by atoms with van der Waals surface area (Å²) in [5.41, 5.74) is 0. The van der Waals surface area contributed by atoms with Gasteiger partial charge in [0.1, 0.15) is 18.8 Å². The van der Waals surface area contributed by atoms with Crippen LogP contribution in [-0.2, 0) is 42.9 Å². The van der Waals surface area contributed by atoms with E-state index >= 15 is 0 Å². The number of aliphatic hydroxyl groups is 2. The number of allylic oxidation sites excluding steroid dienone is 20. The van der Waals surface area contributed by atoms with Crippen molar-refractivity contribution in [3.8, 4) is 0 Å². The average Bonchev–Trinajstić information content (AvgIpc) is 3.39. The Labute approximate surface area is 452 Å². The Balaban J connectivity index is 2.76. The number of esters is 3. The summed E-state index contributed by atoms with van der Waals surface area (Å²) in [5.74, 6) is -3.30. The van der Waals surface area contributed by atoms with Crippen molar-refractivity contribution in [1.29, 1.82) is 0 Å². The number of hydrogen-bond acceptors (Lipinski definition) is 11. The Morgan fingerprint density at radius 2 is 0.867 bits per heavy atom. The molecule has 1 aliphatic heterocycles. The monoisotopic (exact) mass is 1050 g/mol. The van der Waals surface area contributed by atoms with E-state index in [1.165, 1.54) is 25.7 Å². The highest BCUT2D eigenvalue weighted by molar-refractivity contribution is 5.74. The molecule has 1 aliphatic rings. The fourth-order valence-electron chi connectivity index (χ4n) is 7.69. The summed E-state index contributed by atoms with van der Waals surface area (Å²) in [6.07, 6.45) is 56.2. The lowest BCUT2D eigenvalue weighted by Gasteiger charge is -2.40. The maximum absolute atomic E-state index is 13.1. The van der Waals surface area contributed by atoms with Crippen LogP contribution in [0.25, 0.3) is 0 Å². The minimum atomic E-state index is -1.93. The zero-order valence-electron chi connectivity index (χ0n) is 46.2. The van der Waals surface area contributed by atoms with E-state index in [1.807, 2.05) is 12.2 Å². The van der Waals surface area contributed by atoms with Gasteiger partial charge in [-0.15, -0.1) is 0 Å². The summed E-state index contributed by atoms with van der Waals surface area (Å²) < 4.78 is 28.2. The van der Waals surface area contributed by atoms with Crippen LogP contribution in [0.2, 0.25) is 0 Å². The Kier molecular flexibility index (Phi) is 45.4. The van der Waals surface area contributed by atoms with Gasteiger partial charge in [-0.2, -0.15) is 0 Å². The largest absolute Gasteiger partial charge is 0.479 e. The van der Waals surface area contributed by atoms with Gasteiger partial charge in [-0.25, -0.2) is 4.79 Å². The molecule has 0 bridgehead atoms. The highest BCUT2D eigenvalue weighted by Gasteiger charge is 2.50. The van der Waals surface area contributed by atoms with Crippen LogP contribution < -0.4 is 0 Å². The summed E-state index contributed by atoms with van der Waals surface area (Å²) in [4.78, 5) is 51.0. The first kappa shape index (κ1) is 68.1. The van der Waals surface area contributed by atoms with Crippen molar-refractivity contribution in [2.45, 2.75) is 237 Å². The molecule has 0 aromatic carbocycles. The zero-order chi connectivity index (χ0) is 54.7. The van der Waals surface area contributed by atoms with Crippen molar-refractivity contribution in [2.75, 3.05) is 13.2 Å².